The summed E-state index contributed by atoms with van der Waals surface area (Å²) in [5.41, 5.74) is 7.97. The van der Waals surface area contributed by atoms with E-state index in [9.17, 15) is 23.6 Å². The van der Waals surface area contributed by atoms with Crippen molar-refractivity contribution in [1.29, 1.82) is 0 Å². The van der Waals surface area contributed by atoms with E-state index in [-0.39, 0.29) is 36.9 Å². The molecule has 2 heterocycles. The van der Waals surface area contributed by atoms with E-state index in [2.05, 4.69) is 10.3 Å². The number of aryl methyl sites for hydroxylation is 1. The third kappa shape index (κ3) is 7.12. The fraction of sp³-hybridized carbons (Fsp3) is 0.265. The van der Waals surface area contributed by atoms with Crippen LogP contribution in [-0.2, 0) is 32.0 Å². The summed E-state index contributed by atoms with van der Waals surface area (Å²) < 4.78 is 14.3. The molecule has 1 saturated heterocycles. The molecular formula is C34H33ClFN5O4. The van der Waals surface area contributed by atoms with Crippen molar-refractivity contribution in [1.82, 2.24) is 15.2 Å². The van der Waals surface area contributed by atoms with Gasteiger partial charge in [0.05, 0.1) is 18.0 Å². The van der Waals surface area contributed by atoms with Gasteiger partial charge in [-0.25, -0.2) is 4.39 Å². The molecule has 3 aromatic carbocycles. The average Bonchev–Trinajstić information content (AvgIpc) is 3.15. The number of aromatic nitrogens is 1. The van der Waals surface area contributed by atoms with Crippen LogP contribution in [0.5, 0.6) is 0 Å². The van der Waals surface area contributed by atoms with Crippen LogP contribution in [0.3, 0.4) is 0 Å². The van der Waals surface area contributed by atoms with E-state index in [0.29, 0.717) is 24.1 Å². The van der Waals surface area contributed by atoms with Crippen LogP contribution in [0.15, 0.2) is 79.1 Å². The molecule has 45 heavy (non-hydrogen) atoms. The molecule has 1 aromatic heterocycles. The van der Waals surface area contributed by atoms with Crippen molar-refractivity contribution in [3.63, 3.8) is 0 Å². The van der Waals surface area contributed by atoms with E-state index in [4.69, 9.17) is 17.3 Å². The number of hydrogen-bond donors (Lipinski definition) is 2. The number of carbonyl (C=O) groups excluding carboxylic acids is 4. The summed E-state index contributed by atoms with van der Waals surface area (Å²) in [6.07, 6.45) is 4.03. The first kappa shape index (κ1) is 31.6. The fourth-order valence-electron chi connectivity index (χ4n) is 5.80. The molecule has 0 aliphatic carbocycles. The lowest BCUT2D eigenvalue weighted by Gasteiger charge is -2.35. The van der Waals surface area contributed by atoms with Crippen molar-refractivity contribution in [2.24, 2.45) is 5.73 Å². The number of nitrogens with zero attached hydrogens (tertiary/aromatic N) is 3. The van der Waals surface area contributed by atoms with Crippen LogP contribution in [0.25, 0.3) is 10.8 Å². The molecule has 0 bridgehead atoms. The molecule has 4 aromatic rings. The number of fused-ring (bicyclic) bond motifs is 1. The van der Waals surface area contributed by atoms with Gasteiger partial charge in [0.2, 0.25) is 17.7 Å². The number of primary amides is 1. The largest absolute Gasteiger partial charge is 0.370 e. The first-order valence-corrected chi connectivity index (χ1v) is 15.0. The topological polar surface area (TPSA) is 126 Å². The summed E-state index contributed by atoms with van der Waals surface area (Å²) >= 11 is 6.17. The zero-order valence-corrected chi connectivity index (χ0v) is 25.5. The van der Waals surface area contributed by atoms with Gasteiger partial charge < -0.3 is 20.9 Å². The number of pyridine rings is 1. The first-order valence-electron chi connectivity index (χ1n) is 14.7. The van der Waals surface area contributed by atoms with Crippen molar-refractivity contribution >= 4 is 51.7 Å². The Balaban J connectivity index is 1.52. The SMILES string of the molecule is CC1CCN(c2ccc3ccccc3c2CCC(N)=O)C(=O)C(c2ccc(F)c(Cl)c2)N1C(=O)CNC(=O)Cc1ccncc1. The number of nitrogens with two attached hydrogens (primary N) is 1. The Morgan fingerprint density at radius 3 is 2.56 bits per heavy atom. The van der Waals surface area contributed by atoms with E-state index in [1.54, 1.807) is 29.4 Å². The fourth-order valence-corrected chi connectivity index (χ4v) is 5.99. The number of nitrogens with one attached hydrogen (secondary N) is 1. The molecule has 9 nitrogen and oxygen atoms in total. The predicted molar refractivity (Wildman–Crippen MR) is 170 cm³/mol. The third-order valence-electron chi connectivity index (χ3n) is 8.05. The quantitative estimate of drug-likeness (QED) is 0.282. The maximum atomic E-state index is 14.6. The second-order valence-corrected chi connectivity index (χ2v) is 11.5. The van der Waals surface area contributed by atoms with Crippen molar-refractivity contribution in [2.45, 2.75) is 44.7 Å². The lowest BCUT2D eigenvalue weighted by atomic mass is 9.97. The highest BCUT2D eigenvalue weighted by molar-refractivity contribution is 6.30. The van der Waals surface area contributed by atoms with Crippen LogP contribution >= 0.6 is 11.6 Å². The Bertz CT molecular complexity index is 1750. The van der Waals surface area contributed by atoms with Crippen LogP contribution < -0.4 is 16.0 Å². The standard InChI is InChI=1S/C34H33ClFN5O4/c1-21-14-17-40(29-10-7-23-4-2-3-5-25(23)26(29)8-11-30(37)42)34(45)33(24-6-9-28(36)27(35)19-24)41(21)32(44)20-39-31(43)18-22-12-15-38-16-13-22/h2-7,9-10,12-13,15-16,19,21,33H,8,11,14,17-18,20H2,1H3,(H2,37,42)(H,39,43). The summed E-state index contributed by atoms with van der Waals surface area (Å²) in [5, 5.41) is 4.31. The minimum atomic E-state index is -1.17. The van der Waals surface area contributed by atoms with Crippen molar-refractivity contribution < 1.29 is 23.6 Å². The lowest BCUT2D eigenvalue weighted by molar-refractivity contribution is -0.141. The van der Waals surface area contributed by atoms with E-state index < -0.39 is 35.6 Å². The molecule has 2 unspecified atom stereocenters. The number of hydrogen-bond acceptors (Lipinski definition) is 5. The second-order valence-electron chi connectivity index (χ2n) is 11.1. The molecule has 1 aliphatic rings. The first-order chi connectivity index (χ1) is 21.6. The van der Waals surface area contributed by atoms with Crippen LogP contribution in [0.1, 0.15) is 42.5 Å². The molecule has 0 spiro atoms. The summed E-state index contributed by atoms with van der Waals surface area (Å²) in [7, 11) is 0. The van der Waals surface area contributed by atoms with Crippen LogP contribution in [0.4, 0.5) is 10.1 Å². The van der Waals surface area contributed by atoms with Gasteiger partial charge in [-0.1, -0.05) is 48.0 Å². The Hall–Kier alpha value is -4.83. The van der Waals surface area contributed by atoms with Crippen molar-refractivity contribution in [2.75, 3.05) is 18.0 Å². The number of anilines is 1. The zero-order valence-electron chi connectivity index (χ0n) is 24.7. The predicted octanol–water partition coefficient (Wildman–Crippen LogP) is 4.50. The molecule has 11 heteroatoms. The van der Waals surface area contributed by atoms with Gasteiger partial charge in [0.15, 0.2) is 0 Å². The number of halogens is 2. The van der Waals surface area contributed by atoms with Gasteiger partial charge in [-0.15, -0.1) is 0 Å². The van der Waals surface area contributed by atoms with Gasteiger partial charge in [-0.2, -0.15) is 0 Å². The highest BCUT2D eigenvalue weighted by Gasteiger charge is 2.41. The molecule has 4 amide bonds. The van der Waals surface area contributed by atoms with Gasteiger partial charge in [0.1, 0.15) is 11.9 Å². The summed E-state index contributed by atoms with van der Waals surface area (Å²) in [6, 6.07) is 17.2. The Labute approximate surface area is 265 Å². The summed E-state index contributed by atoms with van der Waals surface area (Å²) in [4.78, 5) is 59.9. The minimum absolute atomic E-state index is 0.0606. The third-order valence-corrected chi connectivity index (χ3v) is 8.34. The number of rotatable bonds is 9. The van der Waals surface area contributed by atoms with Gasteiger partial charge in [0.25, 0.3) is 5.91 Å². The van der Waals surface area contributed by atoms with E-state index in [1.807, 2.05) is 43.3 Å². The van der Waals surface area contributed by atoms with Gasteiger partial charge in [-0.3, -0.25) is 24.2 Å². The molecule has 1 aliphatic heterocycles. The Morgan fingerprint density at radius 1 is 1.07 bits per heavy atom. The maximum Gasteiger partial charge on any atom is 0.254 e. The van der Waals surface area contributed by atoms with Crippen LogP contribution in [0, 0.1) is 5.82 Å². The molecule has 2 atom stereocenters. The van der Waals surface area contributed by atoms with Crippen molar-refractivity contribution in [3.8, 4) is 0 Å². The van der Waals surface area contributed by atoms with Gasteiger partial charge in [0, 0.05) is 37.1 Å². The lowest BCUT2D eigenvalue weighted by Crippen LogP contribution is -2.49. The van der Waals surface area contributed by atoms with Gasteiger partial charge >= 0.3 is 0 Å². The Morgan fingerprint density at radius 2 is 1.82 bits per heavy atom. The smallest absolute Gasteiger partial charge is 0.254 e. The maximum absolute atomic E-state index is 14.6. The molecule has 0 saturated carbocycles. The molecular weight excluding hydrogens is 597 g/mol. The number of carbonyl (C=O) groups is 4. The molecule has 0 radical (unpaired) electrons. The van der Waals surface area contributed by atoms with E-state index in [1.165, 1.54) is 17.0 Å². The summed E-state index contributed by atoms with van der Waals surface area (Å²) in [5.74, 6) is -2.38. The minimum Gasteiger partial charge on any atom is -0.370 e. The Kier molecular flexibility index (Phi) is 9.73. The van der Waals surface area contributed by atoms with Crippen molar-refractivity contribution in [3.05, 3.63) is 107 Å². The van der Waals surface area contributed by atoms with Crippen LogP contribution in [-0.4, -0.2) is 52.6 Å². The summed E-state index contributed by atoms with van der Waals surface area (Å²) in [6.45, 7) is 1.76. The monoisotopic (exact) mass is 629 g/mol. The zero-order chi connectivity index (χ0) is 32.1. The van der Waals surface area contributed by atoms with Crippen LogP contribution in [0.2, 0.25) is 5.02 Å². The number of benzene rings is 3. The molecule has 5 rings (SSSR count). The number of amides is 4. The highest BCUT2D eigenvalue weighted by atomic mass is 35.5. The molecule has 232 valence electrons. The normalized spacial score (nSPS) is 16.8. The van der Waals surface area contributed by atoms with Gasteiger partial charge in [-0.05, 0) is 77.6 Å². The second kappa shape index (κ2) is 13.9. The average molecular weight is 630 g/mol. The van der Waals surface area contributed by atoms with E-state index >= 15 is 0 Å². The highest BCUT2D eigenvalue weighted by Crippen LogP contribution is 2.37. The molecule has 3 N–H and O–H groups in total. The molecule has 1 fully saturated rings. The van der Waals surface area contributed by atoms with E-state index in [0.717, 1.165) is 28.0 Å².